The van der Waals surface area contributed by atoms with E-state index in [9.17, 15) is 9.59 Å². The molecule has 4 nitrogen and oxygen atoms in total. The summed E-state index contributed by atoms with van der Waals surface area (Å²) in [6.45, 7) is 7.53. The van der Waals surface area contributed by atoms with E-state index < -0.39 is 0 Å². The van der Waals surface area contributed by atoms with E-state index >= 15 is 0 Å². The minimum Gasteiger partial charge on any atom is -0.342 e. The quantitative estimate of drug-likeness (QED) is 0.761. The fraction of sp³-hybridized carbons (Fsp3) is 0.857. The lowest BCUT2D eigenvalue weighted by atomic mass is 10.1. The van der Waals surface area contributed by atoms with Crippen LogP contribution in [0.5, 0.6) is 0 Å². The molecule has 4 heteroatoms. The first-order valence-electron chi connectivity index (χ1n) is 7.14. The average molecular weight is 252 g/mol. The van der Waals surface area contributed by atoms with Crippen molar-refractivity contribution in [3.63, 3.8) is 0 Å². The van der Waals surface area contributed by atoms with Crippen LogP contribution in [0.2, 0.25) is 0 Å². The predicted octanol–water partition coefficient (Wildman–Crippen LogP) is 1.50. The third kappa shape index (κ3) is 3.03. The van der Waals surface area contributed by atoms with Gasteiger partial charge in [0.15, 0.2) is 0 Å². The third-order valence-corrected chi connectivity index (χ3v) is 3.96. The zero-order valence-electron chi connectivity index (χ0n) is 11.5. The molecule has 2 aliphatic rings. The van der Waals surface area contributed by atoms with E-state index in [1.807, 2.05) is 9.80 Å². The molecule has 0 bridgehead atoms. The maximum absolute atomic E-state index is 12.2. The van der Waals surface area contributed by atoms with Crippen molar-refractivity contribution in [2.24, 2.45) is 11.8 Å². The van der Waals surface area contributed by atoms with Gasteiger partial charge < -0.3 is 9.80 Å². The highest BCUT2D eigenvalue weighted by Gasteiger charge is 2.36. The Labute approximate surface area is 109 Å². The van der Waals surface area contributed by atoms with Crippen LogP contribution >= 0.6 is 0 Å². The Kier molecular flexibility index (Phi) is 4.25. The molecule has 0 spiro atoms. The summed E-state index contributed by atoms with van der Waals surface area (Å²) in [7, 11) is 0. The molecular weight excluding hydrogens is 228 g/mol. The second kappa shape index (κ2) is 5.72. The second-order valence-electron chi connectivity index (χ2n) is 5.96. The number of hydrogen-bond acceptors (Lipinski definition) is 2. The molecule has 2 aliphatic heterocycles. The SMILES string of the molecule is CC(C)CCN1CC(C(=O)N2CCCC2)CC1=O. The normalized spacial score (nSPS) is 24.4. The summed E-state index contributed by atoms with van der Waals surface area (Å²) in [5.74, 6) is 0.884. The fourth-order valence-electron chi connectivity index (χ4n) is 2.76. The van der Waals surface area contributed by atoms with Crippen LogP contribution < -0.4 is 0 Å². The van der Waals surface area contributed by atoms with Crippen molar-refractivity contribution in [3.05, 3.63) is 0 Å². The number of rotatable bonds is 4. The van der Waals surface area contributed by atoms with Crippen molar-refractivity contribution < 1.29 is 9.59 Å². The predicted molar refractivity (Wildman–Crippen MR) is 70.0 cm³/mol. The van der Waals surface area contributed by atoms with Gasteiger partial charge >= 0.3 is 0 Å². The molecule has 0 aromatic rings. The van der Waals surface area contributed by atoms with Gasteiger partial charge in [0.2, 0.25) is 11.8 Å². The zero-order valence-corrected chi connectivity index (χ0v) is 11.5. The summed E-state index contributed by atoms with van der Waals surface area (Å²) in [6.07, 6.45) is 3.68. The highest BCUT2D eigenvalue weighted by Crippen LogP contribution is 2.22. The van der Waals surface area contributed by atoms with Crippen molar-refractivity contribution in [1.29, 1.82) is 0 Å². The van der Waals surface area contributed by atoms with Gasteiger partial charge in [-0.15, -0.1) is 0 Å². The summed E-state index contributed by atoms with van der Waals surface area (Å²) in [6, 6.07) is 0. The lowest BCUT2D eigenvalue weighted by molar-refractivity contribution is -0.134. The smallest absolute Gasteiger partial charge is 0.227 e. The second-order valence-corrected chi connectivity index (χ2v) is 5.96. The summed E-state index contributed by atoms with van der Waals surface area (Å²) in [5, 5.41) is 0. The number of nitrogens with zero attached hydrogens (tertiary/aromatic N) is 2. The van der Waals surface area contributed by atoms with Crippen LogP contribution in [0, 0.1) is 11.8 Å². The first-order valence-corrected chi connectivity index (χ1v) is 7.14. The van der Waals surface area contributed by atoms with Crippen molar-refractivity contribution >= 4 is 11.8 Å². The molecule has 0 aromatic heterocycles. The molecule has 0 aromatic carbocycles. The van der Waals surface area contributed by atoms with Crippen LogP contribution in [0.25, 0.3) is 0 Å². The lowest BCUT2D eigenvalue weighted by Gasteiger charge is -2.20. The average Bonchev–Trinajstić information content (AvgIpc) is 2.94. The molecule has 2 saturated heterocycles. The summed E-state index contributed by atoms with van der Waals surface area (Å²) < 4.78 is 0. The molecule has 0 N–H and O–H groups in total. The number of carbonyl (C=O) groups excluding carboxylic acids is 2. The van der Waals surface area contributed by atoms with E-state index in [-0.39, 0.29) is 17.7 Å². The monoisotopic (exact) mass is 252 g/mol. The lowest BCUT2D eigenvalue weighted by Crippen LogP contribution is -2.35. The van der Waals surface area contributed by atoms with Crippen LogP contribution in [0.1, 0.15) is 39.5 Å². The standard InChI is InChI=1S/C14H24N2O2/c1-11(2)5-8-16-10-12(9-13(16)17)14(18)15-6-3-4-7-15/h11-12H,3-10H2,1-2H3. The van der Waals surface area contributed by atoms with Crippen molar-refractivity contribution in [2.75, 3.05) is 26.2 Å². The topological polar surface area (TPSA) is 40.6 Å². The summed E-state index contributed by atoms with van der Waals surface area (Å²) in [5.41, 5.74) is 0. The van der Waals surface area contributed by atoms with Gasteiger partial charge in [-0.2, -0.15) is 0 Å². The van der Waals surface area contributed by atoms with Crippen LogP contribution in [0.4, 0.5) is 0 Å². The van der Waals surface area contributed by atoms with Crippen molar-refractivity contribution in [3.8, 4) is 0 Å². The molecule has 0 radical (unpaired) electrons. The first kappa shape index (κ1) is 13.4. The van der Waals surface area contributed by atoms with Crippen molar-refractivity contribution in [2.45, 2.75) is 39.5 Å². The van der Waals surface area contributed by atoms with Gasteiger partial charge in [-0.1, -0.05) is 13.8 Å². The Balaban J connectivity index is 1.85. The fourth-order valence-corrected chi connectivity index (χ4v) is 2.76. The Morgan fingerprint density at radius 1 is 1.33 bits per heavy atom. The number of hydrogen-bond donors (Lipinski definition) is 0. The van der Waals surface area contributed by atoms with E-state index in [0.717, 1.165) is 38.9 Å². The maximum Gasteiger partial charge on any atom is 0.227 e. The molecular formula is C14H24N2O2. The molecule has 2 amide bonds. The highest BCUT2D eigenvalue weighted by atomic mass is 16.2. The van der Waals surface area contributed by atoms with E-state index in [1.54, 1.807) is 0 Å². The minimum atomic E-state index is -0.0808. The van der Waals surface area contributed by atoms with Crippen molar-refractivity contribution in [1.82, 2.24) is 9.80 Å². The molecule has 2 fully saturated rings. The highest BCUT2D eigenvalue weighted by molar-refractivity contribution is 5.89. The van der Waals surface area contributed by atoms with Crippen LogP contribution in [0.3, 0.4) is 0 Å². The third-order valence-electron chi connectivity index (χ3n) is 3.96. The molecule has 102 valence electrons. The van der Waals surface area contributed by atoms with E-state index in [1.165, 1.54) is 0 Å². The van der Waals surface area contributed by atoms with Crippen LogP contribution in [-0.2, 0) is 9.59 Å². The van der Waals surface area contributed by atoms with Gasteiger partial charge in [0.05, 0.1) is 5.92 Å². The Hall–Kier alpha value is -1.06. The molecule has 2 heterocycles. The maximum atomic E-state index is 12.2. The molecule has 1 atom stereocenters. The van der Waals surface area contributed by atoms with Crippen LogP contribution in [-0.4, -0.2) is 47.8 Å². The zero-order chi connectivity index (χ0) is 13.1. The number of amides is 2. The molecule has 1 unspecified atom stereocenters. The Morgan fingerprint density at radius 2 is 2.00 bits per heavy atom. The molecule has 2 rings (SSSR count). The summed E-state index contributed by atoms with van der Waals surface area (Å²) in [4.78, 5) is 27.9. The van der Waals surface area contributed by atoms with Gasteiger partial charge in [-0.05, 0) is 25.2 Å². The molecule has 0 aliphatic carbocycles. The van der Waals surface area contributed by atoms with E-state index in [2.05, 4.69) is 13.8 Å². The first-order chi connectivity index (χ1) is 8.58. The minimum absolute atomic E-state index is 0.0808. The van der Waals surface area contributed by atoms with E-state index in [0.29, 0.717) is 18.9 Å². The van der Waals surface area contributed by atoms with Gasteiger partial charge in [-0.3, -0.25) is 9.59 Å². The molecule has 18 heavy (non-hydrogen) atoms. The van der Waals surface area contributed by atoms with Crippen LogP contribution in [0.15, 0.2) is 0 Å². The number of likely N-dealkylation sites (tertiary alicyclic amines) is 2. The Morgan fingerprint density at radius 3 is 2.61 bits per heavy atom. The van der Waals surface area contributed by atoms with Gasteiger partial charge in [0.1, 0.15) is 0 Å². The summed E-state index contributed by atoms with van der Waals surface area (Å²) >= 11 is 0. The number of carbonyl (C=O) groups is 2. The van der Waals surface area contributed by atoms with Gasteiger partial charge in [0, 0.05) is 32.6 Å². The Bertz CT molecular complexity index is 322. The largest absolute Gasteiger partial charge is 0.342 e. The van der Waals surface area contributed by atoms with Gasteiger partial charge in [0.25, 0.3) is 0 Å². The molecule has 0 saturated carbocycles. The van der Waals surface area contributed by atoms with Gasteiger partial charge in [-0.25, -0.2) is 0 Å². The van der Waals surface area contributed by atoms with E-state index in [4.69, 9.17) is 0 Å².